The van der Waals surface area contributed by atoms with E-state index < -0.39 is 0 Å². The Morgan fingerprint density at radius 3 is 1.17 bits per heavy atom. The highest BCUT2D eigenvalue weighted by atomic mass is 15.0. The van der Waals surface area contributed by atoms with Crippen molar-refractivity contribution in [1.29, 1.82) is 0 Å². The van der Waals surface area contributed by atoms with Crippen LogP contribution in [0.5, 0.6) is 0 Å². The Bertz CT molecular complexity index is 4590. The van der Waals surface area contributed by atoms with Crippen LogP contribution in [0.3, 0.4) is 0 Å². The second-order valence-electron chi connectivity index (χ2n) is 22.6. The van der Waals surface area contributed by atoms with Crippen LogP contribution in [-0.2, 0) is 10.8 Å². The zero-order valence-electron chi connectivity index (χ0n) is 44.1. The molecule has 0 unspecified atom stereocenters. The van der Waals surface area contributed by atoms with Crippen molar-refractivity contribution in [2.75, 3.05) is 0 Å². The SMILES string of the molecule is Cc1ccc(-n2c3ccccc3c3cc(-c4ccc5c(c4)C(C)(C)c4cc(-c6ccc7c(c6)C(C)(C)c6cc(/C=C/c8ccc(-c9ccc%10c(c9)c9ccccc9n%10-c9ccccc9)cc8)ccc6-7)ccc4-5)ccc32)cc1. The first-order valence-electron chi connectivity index (χ1n) is 27.1. The molecule has 2 nitrogen and oxygen atoms in total. The number of nitrogens with zero attached hydrogens (tertiary/aromatic N) is 2. The molecule has 0 saturated heterocycles. The normalized spacial score (nSPS) is 13.9. The lowest BCUT2D eigenvalue weighted by Crippen LogP contribution is -2.15. The third-order valence-corrected chi connectivity index (χ3v) is 17.4. The van der Waals surface area contributed by atoms with Gasteiger partial charge < -0.3 is 9.13 Å². The minimum absolute atomic E-state index is 0.151. The number of rotatable bonds is 7. The smallest absolute Gasteiger partial charge is 0.0541 e. The van der Waals surface area contributed by atoms with Crippen LogP contribution in [0.15, 0.2) is 237 Å². The predicted octanol–water partition coefficient (Wildman–Crippen LogP) is 20.0. The highest BCUT2D eigenvalue weighted by Crippen LogP contribution is 2.53. The first-order chi connectivity index (χ1) is 37.6. The number of aromatic nitrogens is 2. The maximum absolute atomic E-state index is 2.47. The van der Waals surface area contributed by atoms with Crippen molar-refractivity contribution >= 4 is 55.8 Å². The van der Waals surface area contributed by atoms with Gasteiger partial charge >= 0.3 is 0 Å². The van der Waals surface area contributed by atoms with Crippen molar-refractivity contribution in [1.82, 2.24) is 9.13 Å². The molecule has 0 amide bonds. The third-order valence-electron chi connectivity index (χ3n) is 17.4. The lowest BCUT2D eigenvalue weighted by molar-refractivity contribution is 0.659. The Morgan fingerprint density at radius 2 is 0.649 bits per heavy atom. The molecule has 0 spiro atoms. The first-order valence-corrected chi connectivity index (χ1v) is 27.1. The predicted molar refractivity (Wildman–Crippen MR) is 327 cm³/mol. The monoisotopic (exact) mass is 984 g/mol. The summed E-state index contributed by atoms with van der Waals surface area (Å²) in [5.41, 5.74) is 28.9. The highest BCUT2D eigenvalue weighted by Gasteiger charge is 2.38. The molecule has 0 bridgehead atoms. The number of hydrogen-bond donors (Lipinski definition) is 0. The molecule has 0 atom stereocenters. The van der Waals surface area contributed by atoms with Crippen molar-refractivity contribution in [2.45, 2.75) is 45.4 Å². The standard InChI is InChI=1S/C75H56N2/c1-47-19-33-57(34-20-47)77-71-18-12-10-16-63(71)65-43-52(32-40-73(65)77)53-28-36-60-61-38-30-55(46-69(61)75(4,5)68(60)44-53)54-29-37-59-58-35-25-49(41-66(58)74(2,3)67(59)45-54)22-21-48-23-26-50(27-24-48)51-31-39-72-64(42-51)62-15-9-11-17-70(62)76(72)56-13-7-6-8-14-56/h6-46H,1-5H3/b22-21+. The van der Waals surface area contributed by atoms with Gasteiger partial charge in [-0.1, -0.05) is 203 Å². The van der Waals surface area contributed by atoms with Gasteiger partial charge in [0.1, 0.15) is 0 Å². The fourth-order valence-electron chi connectivity index (χ4n) is 13.2. The number of benzene rings is 11. The number of aryl methyl sites for hydroxylation is 1. The summed E-state index contributed by atoms with van der Waals surface area (Å²) in [6.07, 6.45) is 4.51. The second-order valence-corrected chi connectivity index (χ2v) is 22.6. The summed E-state index contributed by atoms with van der Waals surface area (Å²) in [6, 6.07) is 88.5. The zero-order chi connectivity index (χ0) is 51.7. The average molecular weight is 985 g/mol. The van der Waals surface area contributed by atoms with Gasteiger partial charge in [-0.2, -0.15) is 0 Å². The van der Waals surface area contributed by atoms with Crippen molar-refractivity contribution in [3.8, 4) is 67.0 Å². The first kappa shape index (κ1) is 45.2. The summed E-state index contributed by atoms with van der Waals surface area (Å²) in [5.74, 6) is 0. The van der Waals surface area contributed by atoms with E-state index in [1.54, 1.807) is 0 Å². The van der Waals surface area contributed by atoms with Crippen molar-refractivity contribution < 1.29 is 0 Å². The van der Waals surface area contributed by atoms with Crippen LogP contribution in [0.2, 0.25) is 0 Å². The molecule has 2 aromatic heterocycles. The molecule has 15 rings (SSSR count). The summed E-state index contributed by atoms with van der Waals surface area (Å²) < 4.78 is 4.77. The van der Waals surface area contributed by atoms with Gasteiger partial charge in [0.2, 0.25) is 0 Å². The van der Waals surface area contributed by atoms with Gasteiger partial charge in [-0.25, -0.2) is 0 Å². The fourth-order valence-corrected chi connectivity index (χ4v) is 13.2. The van der Waals surface area contributed by atoms with Crippen LogP contribution in [0.4, 0.5) is 0 Å². The molecule has 0 N–H and O–H groups in total. The van der Waals surface area contributed by atoms with E-state index in [4.69, 9.17) is 0 Å². The van der Waals surface area contributed by atoms with Gasteiger partial charge in [0, 0.05) is 43.7 Å². The van der Waals surface area contributed by atoms with Crippen LogP contribution >= 0.6 is 0 Å². The molecule has 13 aromatic rings. The van der Waals surface area contributed by atoms with Crippen LogP contribution in [0, 0.1) is 6.92 Å². The van der Waals surface area contributed by atoms with E-state index in [0.717, 1.165) is 0 Å². The van der Waals surface area contributed by atoms with Gasteiger partial charge in [-0.15, -0.1) is 0 Å². The Hall–Kier alpha value is -9.24. The Labute approximate surface area is 450 Å². The summed E-state index contributed by atoms with van der Waals surface area (Å²) in [5, 5.41) is 5.08. The maximum Gasteiger partial charge on any atom is 0.0541 e. The van der Waals surface area contributed by atoms with E-state index in [1.165, 1.54) is 150 Å². The summed E-state index contributed by atoms with van der Waals surface area (Å²) in [7, 11) is 0. The molecule has 0 saturated carbocycles. The molecule has 2 heteroatoms. The fraction of sp³-hybridized carbons (Fsp3) is 0.0933. The third kappa shape index (κ3) is 7.02. The van der Waals surface area contributed by atoms with Gasteiger partial charge in [0.15, 0.2) is 0 Å². The summed E-state index contributed by atoms with van der Waals surface area (Å²) >= 11 is 0. The van der Waals surface area contributed by atoms with Crippen LogP contribution < -0.4 is 0 Å². The van der Waals surface area contributed by atoms with Gasteiger partial charge in [-0.05, 0) is 175 Å². The Kier molecular flexibility index (Phi) is 9.91. The van der Waals surface area contributed by atoms with Crippen molar-refractivity contribution in [2.24, 2.45) is 0 Å². The minimum Gasteiger partial charge on any atom is -0.309 e. The molecule has 2 aliphatic rings. The lowest BCUT2D eigenvalue weighted by Gasteiger charge is -2.24. The van der Waals surface area contributed by atoms with E-state index in [0.29, 0.717) is 0 Å². The van der Waals surface area contributed by atoms with Crippen molar-refractivity contribution in [3.63, 3.8) is 0 Å². The molecule has 366 valence electrons. The molecule has 2 heterocycles. The molecular weight excluding hydrogens is 929 g/mol. The zero-order valence-corrected chi connectivity index (χ0v) is 44.1. The number of fused-ring (bicyclic) bond motifs is 12. The topological polar surface area (TPSA) is 9.86 Å². The molecule has 2 aliphatic carbocycles. The average Bonchev–Trinajstić information content (AvgIpc) is 4.31. The van der Waals surface area contributed by atoms with Crippen LogP contribution in [0.1, 0.15) is 66.6 Å². The molecule has 0 fully saturated rings. The number of para-hydroxylation sites is 3. The van der Waals surface area contributed by atoms with Crippen molar-refractivity contribution in [3.05, 3.63) is 276 Å². The molecule has 0 aliphatic heterocycles. The van der Waals surface area contributed by atoms with E-state index >= 15 is 0 Å². The van der Waals surface area contributed by atoms with E-state index in [1.807, 2.05) is 0 Å². The Morgan fingerprint density at radius 1 is 0.286 bits per heavy atom. The molecule has 11 aromatic carbocycles. The van der Waals surface area contributed by atoms with Gasteiger partial charge in [-0.3, -0.25) is 0 Å². The van der Waals surface area contributed by atoms with Gasteiger partial charge in [0.05, 0.1) is 22.1 Å². The van der Waals surface area contributed by atoms with Gasteiger partial charge in [0.25, 0.3) is 0 Å². The van der Waals surface area contributed by atoms with Crippen LogP contribution in [0.25, 0.3) is 123 Å². The maximum atomic E-state index is 2.47. The van der Waals surface area contributed by atoms with E-state index in [-0.39, 0.29) is 10.8 Å². The minimum atomic E-state index is -0.165. The molecule has 77 heavy (non-hydrogen) atoms. The second kappa shape index (κ2) is 16.9. The Balaban J connectivity index is 0.683. The molecule has 0 radical (unpaired) electrons. The quantitative estimate of drug-likeness (QED) is 0.141. The summed E-state index contributed by atoms with van der Waals surface area (Å²) in [6.45, 7) is 11.7. The largest absolute Gasteiger partial charge is 0.309 e. The highest BCUT2D eigenvalue weighted by molar-refractivity contribution is 6.12. The number of hydrogen-bond acceptors (Lipinski definition) is 0. The lowest BCUT2D eigenvalue weighted by atomic mass is 9.79. The van der Waals surface area contributed by atoms with Crippen LogP contribution in [-0.4, -0.2) is 9.13 Å². The molecular formula is C75H56N2. The van der Waals surface area contributed by atoms with E-state index in [9.17, 15) is 0 Å². The van der Waals surface area contributed by atoms with E-state index in [2.05, 4.69) is 292 Å². The summed E-state index contributed by atoms with van der Waals surface area (Å²) in [4.78, 5) is 0.